The first kappa shape index (κ1) is 22.1. The quantitative estimate of drug-likeness (QED) is 0.515. The third kappa shape index (κ3) is 4.16. The summed E-state index contributed by atoms with van der Waals surface area (Å²) >= 11 is 0. The highest BCUT2D eigenvalue weighted by atomic mass is 19.1. The van der Waals surface area contributed by atoms with E-state index in [0.29, 0.717) is 26.1 Å². The monoisotopic (exact) mass is 458 g/mol. The molecule has 174 valence electrons. The second kappa shape index (κ2) is 9.29. The van der Waals surface area contributed by atoms with Crippen LogP contribution in [-0.2, 0) is 26.1 Å². The number of hydrogen-bond donors (Lipinski definition) is 0. The number of halogens is 1. The Balaban J connectivity index is 1.55. The standard InChI is InChI=1S/C28H27FN2O3/c1-19-7-5-6-15-31-23-14-16-30(17-20-10-12-22(29)13-11-20)28(33)24(23)26(32)27(25(19)31)34-18-21-8-3-2-4-9-21/h2-5,7-13,19H,6,14-18H2,1H3. The van der Waals surface area contributed by atoms with Crippen molar-refractivity contribution in [2.45, 2.75) is 45.4 Å². The lowest BCUT2D eigenvalue weighted by molar-refractivity contribution is 0.0719. The second-order valence-electron chi connectivity index (χ2n) is 8.90. The van der Waals surface area contributed by atoms with Gasteiger partial charge in [0.15, 0.2) is 5.75 Å². The Morgan fingerprint density at radius 1 is 1.00 bits per heavy atom. The first-order chi connectivity index (χ1) is 16.5. The first-order valence-electron chi connectivity index (χ1n) is 11.7. The Morgan fingerprint density at radius 3 is 2.53 bits per heavy atom. The van der Waals surface area contributed by atoms with E-state index in [1.165, 1.54) is 12.1 Å². The number of hydrogen-bond acceptors (Lipinski definition) is 3. The predicted octanol–water partition coefficient (Wildman–Crippen LogP) is 4.83. The van der Waals surface area contributed by atoms with Gasteiger partial charge in [-0.2, -0.15) is 0 Å². The van der Waals surface area contributed by atoms with Gasteiger partial charge >= 0.3 is 0 Å². The molecule has 1 aromatic heterocycles. The van der Waals surface area contributed by atoms with Crippen molar-refractivity contribution < 1.29 is 13.9 Å². The maximum absolute atomic E-state index is 13.8. The molecule has 0 spiro atoms. The van der Waals surface area contributed by atoms with E-state index in [0.717, 1.165) is 28.9 Å². The van der Waals surface area contributed by atoms with Crippen LogP contribution in [0.4, 0.5) is 4.39 Å². The van der Waals surface area contributed by atoms with Gasteiger partial charge in [-0.15, -0.1) is 0 Å². The fraction of sp³-hybridized carbons (Fsp3) is 0.286. The fourth-order valence-electron chi connectivity index (χ4n) is 4.88. The van der Waals surface area contributed by atoms with E-state index >= 15 is 0 Å². The number of aromatic nitrogens is 1. The number of ether oxygens (including phenoxy) is 1. The summed E-state index contributed by atoms with van der Waals surface area (Å²) in [7, 11) is 0. The summed E-state index contributed by atoms with van der Waals surface area (Å²) in [5.41, 5.74) is 3.28. The third-order valence-corrected chi connectivity index (χ3v) is 6.58. The molecule has 1 atom stereocenters. The molecule has 0 saturated heterocycles. The fourth-order valence-corrected chi connectivity index (χ4v) is 4.88. The summed E-state index contributed by atoms with van der Waals surface area (Å²) in [5, 5.41) is 0. The Hall–Kier alpha value is -3.67. The van der Waals surface area contributed by atoms with Crippen molar-refractivity contribution >= 4 is 5.91 Å². The minimum Gasteiger partial charge on any atom is -0.483 e. The van der Waals surface area contributed by atoms with E-state index in [1.54, 1.807) is 17.0 Å². The molecule has 0 aliphatic carbocycles. The van der Waals surface area contributed by atoms with Crippen molar-refractivity contribution in [3.05, 3.63) is 111 Å². The lowest BCUT2D eigenvalue weighted by Gasteiger charge is -2.32. The number of carbonyl (C=O) groups is 1. The molecule has 6 heteroatoms. The third-order valence-electron chi connectivity index (χ3n) is 6.58. The number of rotatable bonds is 5. The summed E-state index contributed by atoms with van der Waals surface area (Å²) in [4.78, 5) is 29.0. The maximum Gasteiger partial charge on any atom is 0.260 e. The highest BCUT2D eigenvalue weighted by Crippen LogP contribution is 2.33. The minimum absolute atomic E-state index is 0.00128. The zero-order valence-electron chi connectivity index (χ0n) is 19.2. The molecule has 2 aliphatic rings. The summed E-state index contributed by atoms with van der Waals surface area (Å²) in [6.45, 7) is 3.85. The largest absolute Gasteiger partial charge is 0.483 e. The van der Waals surface area contributed by atoms with Gasteiger partial charge in [-0.1, -0.05) is 61.5 Å². The highest BCUT2D eigenvalue weighted by Gasteiger charge is 2.34. The van der Waals surface area contributed by atoms with Gasteiger partial charge in [-0.3, -0.25) is 9.59 Å². The molecule has 1 unspecified atom stereocenters. The molecular weight excluding hydrogens is 431 g/mol. The summed E-state index contributed by atoms with van der Waals surface area (Å²) in [5.74, 6) is -0.347. The number of nitrogens with zero attached hydrogens (tertiary/aromatic N) is 2. The van der Waals surface area contributed by atoms with Gasteiger partial charge in [-0.25, -0.2) is 4.39 Å². The molecule has 0 fully saturated rings. The summed E-state index contributed by atoms with van der Waals surface area (Å²) in [6.07, 6.45) is 5.65. The van der Waals surface area contributed by atoms with Gasteiger partial charge in [0, 0.05) is 37.7 Å². The van der Waals surface area contributed by atoms with Crippen molar-refractivity contribution in [3.63, 3.8) is 0 Å². The van der Waals surface area contributed by atoms with E-state index in [-0.39, 0.29) is 41.0 Å². The lowest BCUT2D eigenvalue weighted by Crippen LogP contribution is -2.43. The normalized spacial score (nSPS) is 17.2. The van der Waals surface area contributed by atoms with Crippen molar-refractivity contribution in [1.29, 1.82) is 0 Å². The smallest absolute Gasteiger partial charge is 0.260 e. The van der Waals surface area contributed by atoms with Gasteiger partial charge < -0.3 is 14.2 Å². The van der Waals surface area contributed by atoms with Gasteiger partial charge in [-0.05, 0) is 29.7 Å². The van der Waals surface area contributed by atoms with E-state index in [9.17, 15) is 14.0 Å². The zero-order chi connectivity index (χ0) is 23.7. The average molecular weight is 459 g/mol. The van der Waals surface area contributed by atoms with Crippen molar-refractivity contribution in [1.82, 2.24) is 9.47 Å². The van der Waals surface area contributed by atoms with E-state index < -0.39 is 0 Å². The minimum atomic E-state index is -0.340. The number of amides is 1. The summed E-state index contributed by atoms with van der Waals surface area (Å²) in [6, 6.07) is 15.8. The van der Waals surface area contributed by atoms with E-state index in [4.69, 9.17) is 4.74 Å². The second-order valence-corrected chi connectivity index (χ2v) is 8.90. The molecular formula is C28H27FN2O3. The van der Waals surface area contributed by atoms with Gasteiger partial charge in [0.25, 0.3) is 5.91 Å². The molecule has 0 N–H and O–H groups in total. The number of allylic oxidation sites excluding steroid dienone is 2. The summed E-state index contributed by atoms with van der Waals surface area (Å²) < 4.78 is 21.6. The molecule has 5 rings (SSSR count). The van der Waals surface area contributed by atoms with Crippen LogP contribution in [0.2, 0.25) is 0 Å². The lowest BCUT2D eigenvalue weighted by atomic mass is 9.97. The number of pyridine rings is 1. The molecule has 3 aromatic rings. The average Bonchev–Trinajstić information content (AvgIpc) is 3.04. The van der Waals surface area contributed by atoms with Crippen molar-refractivity contribution in [2.75, 3.05) is 6.54 Å². The zero-order valence-corrected chi connectivity index (χ0v) is 19.2. The Morgan fingerprint density at radius 2 is 1.76 bits per heavy atom. The first-order valence-corrected chi connectivity index (χ1v) is 11.7. The topological polar surface area (TPSA) is 51.5 Å². The van der Waals surface area contributed by atoms with Crippen LogP contribution in [0.1, 0.15) is 52.1 Å². The predicted molar refractivity (Wildman–Crippen MR) is 128 cm³/mol. The van der Waals surface area contributed by atoms with Crippen molar-refractivity contribution in [2.24, 2.45) is 0 Å². The van der Waals surface area contributed by atoms with Crippen LogP contribution < -0.4 is 10.2 Å². The van der Waals surface area contributed by atoms with Crippen LogP contribution in [0.3, 0.4) is 0 Å². The highest BCUT2D eigenvalue weighted by molar-refractivity contribution is 5.96. The number of carbonyl (C=O) groups excluding carboxylic acids is 1. The molecule has 0 bridgehead atoms. The Bertz CT molecular complexity index is 1300. The molecule has 1 amide bonds. The van der Waals surface area contributed by atoms with Crippen LogP contribution in [0, 0.1) is 5.82 Å². The van der Waals surface area contributed by atoms with Crippen LogP contribution in [0.25, 0.3) is 0 Å². The molecule has 0 saturated carbocycles. The van der Waals surface area contributed by atoms with Crippen LogP contribution >= 0.6 is 0 Å². The van der Waals surface area contributed by atoms with Crippen LogP contribution in [0.5, 0.6) is 5.75 Å². The van der Waals surface area contributed by atoms with Gasteiger partial charge in [0.2, 0.25) is 5.43 Å². The Labute approximate surface area is 198 Å². The van der Waals surface area contributed by atoms with Crippen LogP contribution in [0.15, 0.2) is 71.5 Å². The Kier molecular flexibility index (Phi) is 6.05. The van der Waals surface area contributed by atoms with Crippen LogP contribution in [-0.4, -0.2) is 21.9 Å². The molecule has 5 nitrogen and oxygen atoms in total. The maximum atomic E-state index is 13.8. The number of benzene rings is 2. The SMILES string of the molecule is CC1C=CCCn2c3c(c(=O)c(OCc4ccccc4)c21)C(=O)N(Cc1ccc(F)cc1)CC3. The van der Waals surface area contributed by atoms with Gasteiger partial charge in [0.05, 0.1) is 5.69 Å². The molecule has 2 aliphatic heterocycles. The van der Waals surface area contributed by atoms with Crippen molar-refractivity contribution in [3.8, 4) is 5.75 Å². The van der Waals surface area contributed by atoms with E-state index in [2.05, 4.69) is 23.6 Å². The molecule has 3 heterocycles. The number of fused-ring (bicyclic) bond motifs is 3. The molecule has 0 radical (unpaired) electrons. The molecule has 34 heavy (non-hydrogen) atoms. The van der Waals surface area contributed by atoms with E-state index in [1.807, 2.05) is 30.3 Å². The van der Waals surface area contributed by atoms with Gasteiger partial charge in [0.1, 0.15) is 18.0 Å². The molecule has 2 aromatic carbocycles.